The van der Waals surface area contributed by atoms with Crippen LogP contribution in [0.3, 0.4) is 0 Å². The number of hydrogen-bond donors (Lipinski definition) is 0. The van der Waals surface area contributed by atoms with Crippen LogP contribution < -0.4 is 0 Å². The first-order valence-electron chi connectivity index (χ1n) is 6.16. The molecule has 4 heteroatoms. The van der Waals surface area contributed by atoms with Gasteiger partial charge in [-0.15, -0.1) is 0 Å². The van der Waals surface area contributed by atoms with Crippen molar-refractivity contribution >= 4 is 23.6 Å². The molecule has 0 fully saturated rings. The first-order chi connectivity index (χ1) is 8.18. The van der Waals surface area contributed by atoms with Gasteiger partial charge >= 0.3 is 0 Å². The molecule has 0 rings (SSSR count). The second-order valence-corrected chi connectivity index (χ2v) is 5.58. The molecule has 0 bridgehead atoms. The maximum Gasteiger partial charge on any atom is 0.136 e. The quantitative estimate of drug-likeness (QED) is 0.591. The molecule has 0 radical (unpaired) electrons. The highest BCUT2D eigenvalue weighted by Crippen LogP contribution is 2.27. The summed E-state index contributed by atoms with van der Waals surface area (Å²) in [4.78, 5) is 44.9. The van der Waals surface area contributed by atoms with Gasteiger partial charge in [-0.2, -0.15) is 0 Å². The van der Waals surface area contributed by atoms with Crippen LogP contribution in [0.15, 0.2) is 0 Å². The molecule has 0 aliphatic carbocycles. The fourth-order valence-electron chi connectivity index (χ4n) is 1.83. The molecule has 18 heavy (non-hydrogen) atoms. The Morgan fingerprint density at radius 1 is 1.06 bits per heavy atom. The third kappa shape index (κ3) is 7.09. The van der Waals surface area contributed by atoms with E-state index < -0.39 is 11.3 Å². The molecule has 102 valence electrons. The number of ketones is 3. The predicted molar refractivity (Wildman–Crippen MR) is 68.2 cm³/mol. The minimum atomic E-state index is -0.619. The zero-order valence-electron chi connectivity index (χ0n) is 11.6. The summed E-state index contributed by atoms with van der Waals surface area (Å²) < 4.78 is 0. The summed E-state index contributed by atoms with van der Waals surface area (Å²) in [5.74, 6) is -0.671. The molecule has 0 spiro atoms. The normalized spacial score (nSPS) is 12.9. The minimum Gasteiger partial charge on any atom is -0.303 e. The van der Waals surface area contributed by atoms with Gasteiger partial charge in [0.25, 0.3) is 0 Å². The molecule has 0 aromatic carbocycles. The third-order valence-electron chi connectivity index (χ3n) is 2.80. The van der Waals surface area contributed by atoms with Crippen molar-refractivity contribution in [1.82, 2.24) is 0 Å². The number of carbonyl (C=O) groups is 4. The van der Waals surface area contributed by atoms with Gasteiger partial charge in [-0.3, -0.25) is 4.79 Å². The van der Waals surface area contributed by atoms with E-state index in [1.54, 1.807) is 13.8 Å². The van der Waals surface area contributed by atoms with Crippen molar-refractivity contribution < 1.29 is 19.2 Å². The summed E-state index contributed by atoms with van der Waals surface area (Å²) in [7, 11) is 0. The molecule has 0 heterocycles. The monoisotopic (exact) mass is 254 g/mol. The Morgan fingerprint density at radius 2 is 1.61 bits per heavy atom. The van der Waals surface area contributed by atoms with E-state index in [0.717, 1.165) is 6.29 Å². The SMILES string of the molecule is CC(=O)CCC(=O)C(CC(C)=O)CC(C)(C)C=O. The van der Waals surface area contributed by atoms with E-state index in [-0.39, 0.29) is 36.6 Å². The van der Waals surface area contributed by atoms with Crippen LogP contribution in [0.5, 0.6) is 0 Å². The third-order valence-corrected chi connectivity index (χ3v) is 2.80. The lowest BCUT2D eigenvalue weighted by atomic mass is 9.79. The zero-order valence-corrected chi connectivity index (χ0v) is 11.6. The molecular weight excluding hydrogens is 232 g/mol. The number of aldehydes is 1. The van der Waals surface area contributed by atoms with Crippen molar-refractivity contribution in [2.24, 2.45) is 11.3 Å². The molecule has 0 aromatic rings. The van der Waals surface area contributed by atoms with Crippen LogP contribution in [0.4, 0.5) is 0 Å². The first-order valence-corrected chi connectivity index (χ1v) is 6.16. The maximum absolute atomic E-state index is 12.0. The van der Waals surface area contributed by atoms with Crippen molar-refractivity contribution in [2.45, 2.75) is 53.4 Å². The van der Waals surface area contributed by atoms with Crippen molar-refractivity contribution in [3.05, 3.63) is 0 Å². The average Bonchev–Trinajstić information content (AvgIpc) is 2.24. The minimum absolute atomic E-state index is 0.0421. The van der Waals surface area contributed by atoms with Gasteiger partial charge in [0.2, 0.25) is 0 Å². The molecule has 0 amide bonds. The van der Waals surface area contributed by atoms with Gasteiger partial charge in [-0.05, 0) is 20.3 Å². The largest absolute Gasteiger partial charge is 0.303 e. The lowest BCUT2D eigenvalue weighted by Gasteiger charge is -2.23. The molecule has 4 nitrogen and oxygen atoms in total. The van der Waals surface area contributed by atoms with Crippen LogP contribution in [-0.4, -0.2) is 23.6 Å². The predicted octanol–water partition coefficient (Wildman–Crippen LogP) is 2.14. The Bertz CT molecular complexity index is 342. The molecule has 1 unspecified atom stereocenters. The lowest BCUT2D eigenvalue weighted by Crippen LogP contribution is -2.26. The molecule has 0 aliphatic heterocycles. The Balaban J connectivity index is 4.66. The number of rotatable bonds is 9. The lowest BCUT2D eigenvalue weighted by molar-refractivity contribution is -0.130. The van der Waals surface area contributed by atoms with E-state index in [1.165, 1.54) is 13.8 Å². The topological polar surface area (TPSA) is 68.3 Å². The van der Waals surface area contributed by atoms with Gasteiger partial charge in [0.15, 0.2) is 0 Å². The highest BCUT2D eigenvalue weighted by atomic mass is 16.1. The van der Waals surface area contributed by atoms with E-state index in [1.807, 2.05) is 0 Å². The summed E-state index contributed by atoms with van der Waals surface area (Å²) >= 11 is 0. The molecule has 0 saturated carbocycles. The van der Waals surface area contributed by atoms with Crippen molar-refractivity contribution in [2.75, 3.05) is 0 Å². The van der Waals surface area contributed by atoms with E-state index in [0.29, 0.717) is 6.42 Å². The summed E-state index contributed by atoms with van der Waals surface area (Å²) in [5.41, 5.74) is -0.619. The van der Waals surface area contributed by atoms with E-state index in [9.17, 15) is 19.2 Å². The molecule has 0 aliphatic rings. The van der Waals surface area contributed by atoms with E-state index in [2.05, 4.69) is 0 Å². The Labute approximate surface area is 108 Å². The van der Waals surface area contributed by atoms with Gasteiger partial charge in [0.05, 0.1) is 0 Å². The van der Waals surface area contributed by atoms with Crippen LogP contribution in [0.1, 0.15) is 53.4 Å². The van der Waals surface area contributed by atoms with Crippen LogP contribution in [0.2, 0.25) is 0 Å². The number of hydrogen-bond acceptors (Lipinski definition) is 4. The van der Waals surface area contributed by atoms with Crippen LogP contribution in [0.25, 0.3) is 0 Å². The second-order valence-electron chi connectivity index (χ2n) is 5.58. The summed E-state index contributed by atoms with van der Waals surface area (Å²) in [6.45, 7) is 6.35. The molecule has 0 aromatic heterocycles. The second kappa shape index (κ2) is 7.19. The van der Waals surface area contributed by atoms with Crippen LogP contribution in [-0.2, 0) is 19.2 Å². The van der Waals surface area contributed by atoms with Gasteiger partial charge < -0.3 is 14.4 Å². The first kappa shape index (κ1) is 16.7. The zero-order chi connectivity index (χ0) is 14.3. The van der Waals surface area contributed by atoms with Crippen molar-refractivity contribution in [1.29, 1.82) is 0 Å². The Morgan fingerprint density at radius 3 is 2.00 bits per heavy atom. The highest BCUT2D eigenvalue weighted by molar-refractivity contribution is 5.89. The van der Waals surface area contributed by atoms with Crippen LogP contribution >= 0.6 is 0 Å². The number of carbonyl (C=O) groups excluding carboxylic acids is 4. The fraction of sp³-hybridized carbons (Fsp3) is 0.714. The van der Waals surface area contributed by atoms with Gasteiger partial charge in [0, 0.05) is 30.6 Å². The van der Waals surface area contributed by atoms with Crippen molar-refractivity contribution in [3.8, 4) is 0 Å². The molecule has 1 atom stereocenters. The molecule has 0 saturated heterocycles. The Hall–Kier alpha value is -1.32. The average molecular weight is 254 g/mol. The Kier molecular flexibility index (Phi) is 6.66. The van der Waals surface area contributed by atoms with Gasteiger partial charge in [0.1, 0.15) is 23.6 Å². The summed E-state index contributed by atoms with van der Waals surface area (Å²) in [6, 6.07) is 0. The van der Waals surface area contributed by atoms with Gasteiger partial charge in [-0.1, -0.05) is 13.8 Å². The van der Waals surface area contributed by atoms with Crippen molar-refractivity contribution in [3.63, 3.8) is 0 Å². The number of Topliss-reactive ketones (excluding diaryl/α,β-unsaturated/α-hetero) is 3. The standard InChI is InChI=1S/C14H22O4/c1-10(16)5-6-13(18)12(7-11(2)17)8-14(3,4)9-15/h9,12H,5-8H2,1-4H3. The summed E-state index contributed by atoms with van der Waals surface area (Å²) in [6.07, 6.45) is 1.66. The molecular formula is C14H22O4. The molecule has 0 N–H and O–H groups in total. The van der Waals surface area contributed by atoms with Gasteiger partial charge in [-0.25, -0.2) is 0 Å². The van der Waals surface area contributed by atoms with Crippen LogP contribution in [0, 0.1) is 11.3 Å². The smallest absolute Gasteiger partial charge is 0.136 e. The van der Waals surface area contributed by atoms with E-state index in [4.69, 9.17) is 0 Å². The fourth-order valence-corrected chi connectivity index (χ4v) is 1.83. The summed E-state index contributed by atoms with van der Waals surface area (Å²) in [5, 5.41) is 0. The van der Waals surface area contributed by atoms with E-state index >= 15 is 0 Å². The maximum atomic E-state index is 12.0. The highest BCUT2D eigenvalue weighted by Gasteiger charge is 2.28.